The largest absolute Gasteiger partial charge is 0.508 e. The number of aryl methyl sites for hydroxylation is 1. The Balaban J connectivity index is 0.000000686. The molecule has 1 N–H and O–H groups in total. The van der Waals surface area contributed by atoms with Crippen LogP contribution in [0, 0.1) is 6.92 Å². The van der Waals surface area contributed by atoms with Crippen molar-refractivity contribution in [1.82, 2.24) is 0 Å². The lowest BCUT2D eigenvalue weighted by molar-refractivity contribution is 0.101. The van der Waals surface area contributed by atoms with Crippen molar-refractivity contribution in [2.45, 2.75) is 27.7 Å². The van der Waals surface area contributed by atoms with Crippen molar-refractivity contribution in [3.8, 4) is 5.75 Å². The number of Topliss-reactive ketones (excluding diaryl/α,β-unsaturated/α-hetero) is 1. The molecule has 0 saturated heterocycles. The van der Waals surface area contributed by atoms with E-state index in [0.29, 0.717) is 5.56 Å². The zero-order valence-electron chi connectivity index (χ0n) is 10.7. The first kappa shape index (κ1) is 13.2. The summed E-state index contributed by atoms with van der Waals surface area (Å²) in [5, 5.41) is 11.5. The second-order valence-corrected chi connectivity index (χ2v) is 3.70. The fourth-order valence-electron chi connectivity index (χ4n) is 1.69. The third-order valence-electron chi connectivity index (χ3n) is 2.67. The van der Waals surface area contributed by atoms with Crippen LogP contribution < -0.4 is 0 Å². The number of carbonyl (C=O) groups is 1. The third kappa shape index (κ3) is 2.64. The summed E-state index contributed by atoms with van der Waals surface area (Å²) in [6.07, 6.45) is 0. The summed E-state index contributed by atoms with van der Waals surface area (Å²) in [5.41, 5.74) is 1.55. The molecule has 0 aliphatic carbocycles. The molecule has 90 valence electrons. The van der Waals surface area contributed by atoms with E-state index in [1.165, 1.54) is 0 Å². The molecule has 0 bridgehead atoms. The van der Waals surface area contributed by atoms with E-state index in [0.717, 1.165) is 16.3 Å². The highest BCUT2D eigenvalue weighted by molar-refractivity contribution is 5.99. The molecule has 0 spiro atoms. The molecule has 0 amide bonds. The second kappa shape index (κ2) is 5.48. The van der Waals surface area contributed by atoms with Crippen molar-refractivity contribution in [2.75, 3.05) is 0 Å². The first-order valence-electron chi connectivity index (χ1n) is 5.83. The van der Waals surface area contributed by atoms with Gasteiger partial charge in [-0.25, -0.2) is 0 Å². The van der Waals surface area contributed by atoms with E-state index in [9.17, 15) is 9.90 Å². The minimum atomic E-state index is 0.0580. The number of hydrogen-bond acceptors (Lipinski definition) is 2. The SMILES string of the molecule is CC.CC(=O)c1ccc2c(C)c(O)ccc2c1. The van der Waals surface area contributed by atoms with Crippen LogP contribution in [-0.2, 0) is 0 Å². The van der Waals surface area contributed by atoms with E-state index in [1.54, 1.807) is 19.1 Å². The lowest BCUT2D eigenvalue weighted by atomic mass is 10.0. The molecular formula is C15H18O2. The van der Waals surface area contributed by atoms with Crippen LogP contribution in [0.5, 0.6) is 5.75 Å². The Hall–Kier alpha value is -1.83. The number of aromatic hydroxyl groups is 1. The van der Waals surface area contributed by atoms with Crippen LogP contribution in [-0.4, -0.2) is 10.9 Å². The van der Waals surface area contributed by atoms with E-state index < -0.39 is 0 Å². The van der Waals surface area contributed by atoms with Crippen molar-refractivity contribution < 1.29 is 9.90 Å². The zero-order chi connectivity index (χ0) is 13.0. The predicted molar refractivity (Wildman–Crippen MR) is 71.7 cm³/mol. The quantitative estimate of drug-likeness (QED) is 0.749. The minimum Gasteiger partial charge on any atom is -0.508 e. The zero-order valence-corrected chi connectivity index (χ0v) is 10.7. The van der Waals surface area contributed by atoms with Gasteiger partial charge in [0.05, 0.1) is 0 Å². The molecule has 0 unspecified atom stereocenters. The molecular weight excluding hydrogens is 212 g/mol. The fourth-order valence-corrected chi connectivity index (χ4v) is 1.69. The third-order valence-corrected chi connectivity index (χ3v) is 2.67. The Morgan fingerprint density at radius 2 is 1.76 bits per heavy atom. The summed E-state index contributed by atoms with van der Waals surface area (Å²) in [4.78, 5) is 11.2. The Labute approximate surface area is 102 Å². The van der Waals surface area contributed by atoms with Gasteiger partial charge in [0.25, 0.3) is 0 Å². The van der Waals surface area contributed by atoms with Gasteiger partial charge >= 0.3 is 0 Å². The van der Waals surface area contributed by atoms with Gasteiger partial charge in [0, 0.05) is 5.56 Å². The van der Waals surface area contributed by atoms with Gasteiger partial charge < -0.3 is 5.11 Å². The molecule has 0 aliphatic heterocycles. The number of benzene rings is 2. The number of rotatable bonds is 1. The first-order chi connectivity index (χ1) is 8.09. The van der Waals surface area contributed by atoms with E-state index >= 15 is 0 Å². The summed E-state index contributed by atoms with van der Waals surface area (Å²) >= 11 is 0. The highest BCUT2D eigenvalue weighted by Gasteiger charge is 2.04. The molecule has 17 heavy (non-hydrogen) atoms. The van der Waals surface area contributed by atoms with Crippen LogP contribution >= 0.6 is 0 Å². The van der Waals surface area contributed by atoms with E-state index in [-0.39, 0.29) is 11.5 Å². The lowest BCUT2D eigenvalue weighted by Crippen LogP contribution is -1.91. The lowest BCUT2D eigenvalue weighted by Gasteiger charge is -2.05. The molecule has 2 nitrogen and oxygen atoms in total. The van der Waals surface area contributed by atoms with Gasteiger partial charge in [-0.2, -0.15) is 0 Å². The molecule has 0 heterocycles. The van der Waals surface area contributed by atoms with E-state index in [1.807, 2.05) is 39.0 Å². The van der Waals surface area contributed by atoms with Gasteiger partial charge in [-0.15, -0.1) is 0 Å². The summed E-state index contributed by atoms with van der Waals surface area (Å²) in [6.45, 7) is 7.42. The van der Waals surface area contributed by atoms with E-state index in [2.05, 4.69) is 0 Å². The maximum absolute atomic E-state index is 11.2. The van der Waals surface area contributed by atoms with Crippen LogP contribution in [0.25, 0.3) is 10.8 Å². The highest BCUT2D eigenvalue weighted by Crippen LogP contribution is 2.26. The molecule has 0 aliphatic rings. The number of carbonyl (C=O) groups excluding carboxylic acids is 1. The van der Waals surface area contributed by atoms with Gasteiger partial charge in [0.15, 0.2) is 5.78 Å². The smallest absolute Gasteiger partial charge is 0.159 e. The molecule has 2 heteroatoms. The van der Waals surface area contributed by atoms with Crippen LogP contribution in [0.3, 0.4) is 0 Å². The fraction of sp³-hybridized carbons (Fsp3) is 0.267. The van der Waals surface area contributed by atoms with Gasteiger partial charge in [-0.3, -0.25) is 4.79 Å². The molecule has 0 aromatic heterocycles. The summed E-state index contributed by atoms with van der Waals surface area (Å²) in [6, 6.07) is 8.99. The Morgan fingerprint density at radius 1 is 1.12 bits per heavy atom. The van der Waals surface area contributed by atoms with Crippen molar-refractivity contribution in [3.63, 3.8) is 0 Å². The van der Waals surface area contributed by atoms with Crippen molar-refractivity contribution in [3.05, 3.63) is 41.5 Å². The van der Waals surface area contributed by atoms with Crippen LogP contribution in [0.2, 0.25) is 0 Å². The first-order valence-corrected chi connectivity index (χ1v) is 5.83. The number of phenolic OH excluding ortho intramolecular Hbond substituents is 1. The standard InChI is InChI=1S/C13H12O2.C2H6/c1-8-12-5-3-10(9(2)14)7-11(12)4-6-13(8)15;1-2/h3-7,15H,1-2H3;1-2H3. The van der Waals surface area contributed by atoms with Crippen molar-refractivity contribution in [1.29, 1.82) is 0 Å². The van der Waals surface area contributed by atoms with Crippen molar-refractivity contribution in [2.24, 2.45) is 0 Å². The summed E-state index contributed by atoms with van der Waals surface area (Å²) in [5.74, 6) is 0.348. The van der Waals surface area contributed by atoms with Crippen LogP contribution in [0.1, 0.15) is 36.7 Å². The maximum atomic E-state index is 11.2. The summed E-state index contributed by atoms with van der Waals surface area (Å²) < 4.78 is 0. The Kier molecular flexibility index (Phi) is 4.27. The summed E-state index contributed by atoms with van der Waals surface area (Å²) in [7, 11) is 0. The van der Waals surface area contributed by atoms with Gasteiger partial charge in [-0.1, -0.05) is 32.0 Å². The number of phenols is 1. The average Bonchev–Trinajstić information content (AvgIpc) is 2.36. The molecule has 2 aromatic rings. The topological polar surface area (TPSA) is 37.3 Å². The highest BCUT2D eigenvalue weighted by atomic mass is 16.3. The van der Waals surface area contributed by atoms with Crippen LogP contribution in [0.4, 0.5) is 0 Å². The molecule has 2 rings (SSSR count). The maximum Gasteiger partial charge on any atom is 0.159 e. The minimum absolute atomic E-state index is 0.0580. The molecule has 0 saturated carbocycles. The van der Waals surface area contributed by atoms with E-state index in [4.69, 9.17) is 0 Å². The normalized spacial score (nSPS) is 9.65. The number of fused-ring (bicyclic) bond motifs is 1. The number of ketones is 1. The molecule has 0 atom stereocenters. The number of hydrogen-bond donors (Lipinski definition) is 1. The average molecular weight is 230 g/mol. The molecule has 0 fully saturated rings. The van der Waals surface area contributed by atoms with Crippen LogP contribution in [0.15, 0.2) is 30.3 Å². The molecule has 2 aromatic carbocycles. The predicted octanol–water partition coefficient (Wildman–Crippen LogP) is 4.08. The monoisotopic (exact) mass is 230 g/mol. The van der Waals surface area contributed by atoms with Gasteiger partial charge in [0.1, 0.15) is 5.75 Å². The van der Waals surface area contributed by atoms with Gasteiger partial charge in [0.2, 0.25) is 0 Å². The Bertz CT molecular complexity index is 542. The molecule has 0 radical (unpaired) electrons. The van der Waals surface area contributed by atoms with Crippen molar-refractivity contribution >= 4 is 16.6 Å². The van der Waals surface area contributed by atoms with Gasteiger partial charge in [-0.05, 0) is 42.3 Å². The Morgan fingerprint density at radius 3 is 2.35 bits per heavy atom. The second-order valence-electron chi connectivity index (χ2n) is 3.70.